The molecule has 20 heavy (non-hydrogen) atoms. The van der Waals surface area contributed by atoms with Gasteiger partial charge in [-0.05, 0) is 25.7 Å². The molecule has 1 aliphatic rings. The van der Waals surface area contributed by atoms with Crippen LogP contribution in [0.25, 0.3) is 0 Å². The van der Waals surface area contributed by atoms with Gasteiger partial charge in [-0.1, -0.05) is 13.8 Å². The SMILES string of the molecule is CC(C)COCCCNC(=O)N1CCC(C(=O)O)C1C. The van der Waals surface area contributed by atoms with Crippen molar-refractivity contribution in [1.82, 2.24) is 10.2 Å². The van der Waals surface area contributed by atoms with E-state index < -0.39 is 11.9 Å². The van der Waals surface area contributed by atoms with Crippen LogP contribution in [-0.4, -0.2) is 54.4 Å². The van der Waals surface area contributed by atoms with Crippen LogP contribution in [-0.2, 0) is 9.53 Å². The normalized spacial score (nSPS) is 22.3. The Morgan fingerprint density at radius 2 is 2.15 bits per heavy atom. The van der Waals surface area contributed by atoms with Gasteiger partial charge in [0.15, 0.2) is 0 Å². The molecule has 1 fully saturated rings. The lowest BCUT2D eigenvalue weighted by Gasteiger charge is -2.23. The first-order valence-electron chi connectivity index (χ1n) is 7.28. The smallest absolute Gasteiger partial charge is 0.317 e. The molecule has 1 rings (SSSR count). The molecule has 1 heterocycles. The lowest BCUT2D eigenvalue weighted by molar-refractivity contribution is -0.142. The molecular weight excluding hydrogens is 260 g/mol. The third-order valence-electron chi connectivity index (χ3n) is 3.53. The Labute approximate surface area is 120 Å². The second-order valence-electron chi connectivity index (χ2n) is 5.72. The van der Waals surface area contributed by atoms with Crippen LogP contribution >= 0.6 is 0 Å². The van der Waals surface area contributed by atoms with Crippen molar-refractivity contribution in [2.75, 3.05) is 26.3 Å². The van der Waals surface area contributed by atoms with Crippen LogP contribution in [0.2, 0.25) is 0 Å². The molecule has 0 aromatic rings. The molecule has 0 saturated carbocycles. The highest BCUT2D eigenvalue weighted by Gasteiger charge is 2.37. The first kappa shape index (κ1) is 16.8. The number of ether oxygens (including phenoxy) is 1. The second kappa shape index (κ2) is 8.09. The summed E-state index contributed by atoms with van der Waals surface area (Å²) in [5.74, 6) is -0.756. The zero-order valence-corrected chi connectivity index (χ0v) is 12.6. The monoisotopic (exact) mass is 286 g/mol. The molecule has 2 amide bonds. The van der Waals surface area contributed by atoms with Crippen molar-refractivity contribution < 1.29 is 19.4 Å². The molecule has 0 radical (unpaired) electrons. The van der Waals surface area contributed by atoms with Crippen molar-refractivity contribution in [2.45, 2.75) is 39.7 Å². The van der Waals surface area contributed by atoms with Crippen LogP contribution in [0.5, 0.6) is 0 Å². The number of urea groups is 1. The summed E-state index contributed by atoms with van der Waals surface area (Å²) in [7, 11) is 0. The molecule has 116 valence electrons. The Kier molecular flexibility index (Phi) is 6.78. The number of rotatable bonds is 7. The lowest BCUT2D eigenvalue weighted by Crippen LogP contribution is -2.44. The van der Waals surface area contributed by atoms with Gasteiger partial charge in [-0.25, -0.2) is 4.79 Å². The molecule has 0 aromatic carbocycles. The van der Waals surface area contributed by atoms with E-state index in [0.717, 1.165) is 13.0 Å². The summed E-state index contributed by atoms with van der Waals surface area (Å²) >= 11 is 0. The van der Waals surface area contributed by atoms with E-state index in [4.69, 9.17) is 9.84 Å². The van der Waals surface area contributed by atoms with Crippen molar-refractivity contribution in [3.63, 3.8) is 0 Å². The Hall–Kier alpha value is -1.30. The van der Waals surface area contributed by atoms with Crippen molar-refractivity contribution in [3.05, 3.63) is 0 Å². The van der Waals surface area contributed by atoms with Crippen molar-refractivity contribution in [2.24, 2.45) is 11.8 Å². The van der Waals surface area contributed by atoms with E-state index >= 15 is 0 Å². The molecule has 6 nitrogen and oxygen atoms in total. The molecule has 2 unspecified atom stereocenters. The van der Waals surface area contributed by atoms with Gasteiger partial charge in [-0.2, -0.15) is 0 Å². The van der Waals surface area contributed by atoms with Gasteiger partial charge in [0.1, 0.15) is 0 Å². The summed E-state index contributed by atoms with van der Waals surface area (Å²) in [6.07, 6.45) is 1.30. The predicted molar refractivity (Wildman–Crippen MR) is 75.6 cm³/mol. The van der Waals surface area contributed by atoms with Crippen LogP contribution in [0.15, 0.2) is 0 Å². The highest BCUT2D eigenvalue weighted by atomic mass is 16.5. The molecule has 1 saturated heterocycles. The second-order valence-corrected chi connectivity index (χ2v) is 5.72. The summed E-state index contributed by atoms with van der Waals surface area (Å²) in [6, 6.07) is -0.421. The number of nitrogens with one attached hydrogen (secondary N) is 1. The number of carbonyl (C=O) groups excluding carboxylic acids is 1. The number of carbonyl (C=O) groups is 2. The Balaban J connectivity index is 2.19. The quantitative estimate of drug-likeness (QED) is 0.696. The highest BCUT2D eigenvalue weighted by molar-refractivity contribution is 5.78. The number of aliphatic carboxylic acids is 1. The van der Waals surface area contributed by atoms with E-state index in [0.29, 0.717) is 32.0 Å². The van der Waals surface area contributed by atoms with Gasteiger partial charge < -0.3 is 20.1 Å². The first-order valence-corrected chi connectivity index (χ1v) is 7.28. The average Bonchev–Trinajstić information content (AvgIpc) is 2.75. The Morgan fingerprint density at radius 3 is 2.70 bits per heavy atom. The number of amides is 2. The van der Waals surface area contributed by atoms with E-state index in [1.54, 1.807) is 11.8 Å². The summed E-state index contributed by atoms with van der Waals surface area (Å²) in [5.41, 5.74) is 0. The molecule has 0 aliphatic carbocycles. The number of nitrogens with zero attached hydrogens (tertiary/aromatic N) is 1. The topological polar surface area (TPSA) is 78.9 Å². The standard InChI is InChI=1S/C14H26N2O4/c1-10(2)9-20-8-4-6-15-14(19)16-7-5-12(11(16)3)13(17)18/h10-12H,4-9H2,1-3H3,(H,15,19)(H,17,18). The molecular formula is C14H26N2O4. The first-order chi connectivity index (χ1) is 9.43. The van der Waals surface area contributed by atoms with E-state index in [1.165, 1.54) is 0 Å². The summed E-state index contributed by atoms with van der Waals surface area (Å²) < 4.78 is 5.43. The number of carboxylic acid groups (broad SMARTS) is 1. The fourth-order valence-corrected chi connectivity index (χ4v) is 2.35. The van der Waals surface area contributed by atoms with E-state index in [-0.39, 0.29) is 12.1 Å². The van der Waals surface area contributed by atoms with Crippen molar-refractivity contribution >= 4 is 12.0 Å². The third kappa shape index (κ3) is 5.00. The molecule has 2 N–H and O–H groups in total. The van der Waals surface area contributed by atoms with Crippen LogP contribution in [0, 0.1) is 11.8 Å². The van der Waals surface area contributed by atoms with Gasteiger partial charge in [-0.3, -0.25) is 4.79 Å². The molecule has 0 bridgehead atoms. The van der Waals surface area contributed by atoms with Gasteiger partial charge in [-0.15, -0.1) is 0 Å². The van der Waals surface area contributed by atoms with Crippen LogP contribution in [0.1, 0.15) is 33.6 Å². The fraction of sp³-hybridized carbons (Fsp3) is 0.857. The largest absolute Gasteiger partial charge is 0.481 e. The van der Waals surface area contributed by atoms with E-state index in [1.807, 2.05) is 0 Å². The number of hydrogen-bond donors (Lipinski definition) is 2. The molecule has 1 aliphatic heterocycles. The Morgan fingerprint density at radius 1 is 1.45 bits per heavy atom. The van der Waals surface area contributed by atoms with Crippen molar-refractivity contribution in [3.8, 4) is 0 Å². The minimum Gasteiger partial charge on any atom is -0.481 e. The average molecular weight is 286 g/mol. The van der Waals surface area contributed by atoms with Gasteiger partial charge in [0.25, 0.3) is 0 Å². The maximum atomic E-state index is 11.9. The zero-order chi connectivity index (χ0) is 15.1. The minimum atomic E-state index is -0.824. The summed E-state index contributed by atoms with van der Waals surface area (Å²) in [4.78, 5) is 24.5. The maximum absolute atomic E-state index is 11.9. The third-order valence-corrected chi connectivity index (χ3v) is 3.53. The van der Waals surface area contributed by atoms with Gasteiger partial charge in [0.05, 0.1) is 5.92 Å². The summed E-state index contributed by atoms with van der Waals surface area (Å²) in [5, 5.41) is 11.8. The molecule has 0 aromatic heterocycles. The van der Waals surface area contributed by atoms with Gasteiger partial charge in [0.2, 0.25) is 0 Å². The fourth-order valence-electron chi connectivity index (χ4n) is 2.35. The minimum absolute atomic E-state index is 0.176. The van der Waals surface area contributed by atoms with Gasteiger partial charge >= 0.3 is 12.0 Å². The van der Waals surface area contributed by atoms with Crippen LogP contribution < -0.4 is 5.32 Å². The maximum Gasteiger partial charge on any atom is 0.317 e. The van der Waals surface area contributed by atoms with Crippen LogP contribution in [0.4, 0.5) is 4.79 Å². The zero-order valence-electron chi connectivity index (χ0n) is 12.6. The van der Waals surface area contributed by atoms with Crippen LogP contribution in [0.3, 0.4) is 0 Å². The molecule has 2 atom stereocenters. The highest BCUT2D eigenvalue weighted by Crippen LogP contribution is 2.24. The van der Waals surface area contributed by atoms with E-state index in [2.05, 4.69) is 19.2 Å². The molecule has 0 spiro atoms. The predicted octanol–water partition coefficient (Wildman–Crippen LogP) is 1.55. The number of likely N-dealkylation sites (tertiary alicyclic amines) is 1. The van der Waals surface area contributed by atoms with E-state index in [9.17, 15) is 9.59 Å². The lowest BCUT2D eigenvalue weighted by atomic mass is 10.0. The number of carboxylic acids is 1. The Bertz CT molecular complexity index is 333. The number of hydrogen-bond acceptors (Lipinski definition) is 3. The summed E-state index contributed by atoms with van der Waals surface area (Å²) in [6.45, 7) is 8.40. The molecule has 6 heteroatoms. The van der Waals surface area contributed by atoms with Gasteiger partial charge in [0, 0.05) is 32.3 Å². The van der Waals surface area contributed by atoms with Crippen molar-refractivity contribution in [1.29, 1.82) is 0 Å².